The molecule has 0 saturated heterocycles. The minimum atomic E-state index is 0.125. The summed E-state index contributed by atoms with van der Waals surface area (Å²) in [5.41, 5.74) is 1.23. The van der Waals surface area contributed by atoms with Crippen LogP contribution in [-0.2, 0) is 6.42 Å². The monoisotopic (exact) mass is 419 g/mol. The highest BCUT2D eigenvalue weighted by Crippen LogP contribution is 2.39. The van der Waals surface area contributed by atoms with E-state index < -0.39 is 0 Å². The van der Waals surface area contributed by atoms with E-state index in [9.17, 15) is 5.21 Å². The Labute approximate surface area is 172 Å². The number of methoxy groups -OCH3 is 1. The molecule has 0 amide bonds. The predicted molar refractivity (Wildman–Crippen MR) is 107 cm³/mol. The van der Waals surface area contributed by atoms with Gasteiger partial charge in [0.15, 0.2) is 11.5 Å². The van der Waals surface area contributed by atoms with E-state index in [0.717, 1.165) is 31.1 Å². The number of hydrogen-bond acceptors (Lipinski definition) is 5. The minimum Gasteiger partial charge on any atom is -0.594 e. The Kier molecular flexibility index (Phi) is 5.42. The van der Waals surface area contributed by atoms with Gasteiger partial charge >= 0.3 is 0 Å². The lowest BCUT2D eigenvalue weighted by atomic mass is 10.0. The minimum absolute atomic E-state index is 0.125. The van der Waals surface area contributed by atoms with Gasteiger partial charge in [0, 0.05) is 29.3 Å². The molecule has 146 valence electrons. The van der Waals surface area contributed by atoms with Crippen molar-refractivity contribution in [2.75, 3.05) is 7.11 Å². The van der Waals surface area contributed by atoms with Crippen LogP contribution in [0.2, 0.25) is 10.0 Å². The first-order chi connectivity index (χ1) is 13.6. The van der Waals surface area contributed by atoms with Crippen molar-refractivity contribution in [3.8, 4) is 11.5 Å². The van der Waals surface area contributed by atoms with Crippen LogP contribution in [0.4, 0.5) is 0 Å². The van der Waals surface area contributed by atoms with Crippen molar-refractivity contribution >= 4 is 34.0 Å². The molecule has 1 fully saturated rings. The number of rotatable bonds is 5. The zero-order chi connectivity index (χ0) is 19.7. The molecule has 1 aliphatic carbocycles. The normalized spacial score (nSPS) is 14.5. The molecular weight excluding hydrogens is 401 g/mol. The van der Waals surface area contributed by atoms with Crippen LogP contribution in [0.15, 0.2) is 30.7 Å². The standard InChI is InChI=1S/C20H19Cl2N3O3/c1-27-19-7-6-13-15(20(19)28-12-4-2-3-5-12)11-25(26)24-18(13)8-14-16(21)9-23-10-17(14)22/h6-7,9-12H,2-5,8H2,1H3. The summed E-state index contributed by atoms with van der Waals surface area (Å²) in [7, 11) is 1.59. The van der Waals surface area contributed by atoms with Gasteiger partial charge in [0.2, 0.25) is 6.20 Å². The summed E-state index contributed by atoms with van der Waals surface area (Å²) in [6.07, 6.45) is 9.18. The summed E-state index contributed by atoms with van der Waals surface area (Å²) >= 11 is 12.5. The number of benzene rings is 1. The third kappa shape index (κ3) is 3.66. The van der Waals surface area contributed by atoms with Crippen molar-refractivity contribution in [1.29, 1.82) is 0 Å². The van der Waals surface area contributed by atoms with E-state index in [1.165, 1.54) is 18.6 Å². The van der Waals surface area contributed by atoms with E-state index in [4.69, 9.17) is 32.7 Å². The predicted octanol–water partition coefficient (Wildman–Crippen LogP) is 4.49. The van der Waals surface area contributed by atoms with Crippen LogP contribution in [0.25, 0.3) is 10.8 Å². The summed E-state index contributed by atoms with van der Waals surface area (Å²) in [5.74, 6) is 1.17. The Balaban J connectivity index is 1.84. The van der Waals surface area contributed by atoms with E-state index in [1.54, 1.807) is 7.11 Å². The highest BCUT2D eigenvalue weighted by Gasteiger charge is 2.23. The van der Waals surface area contributed by atoms with Crippen LogP contribution in [-0.4, -0.2) is 23.3 Å². The molecule has 4 rings (SSSR count). The van der Waals surface area contributed by atoms with E-state index in [-0.39, 0.29) is 6.10 Å². The first kappa shape index (κ1) is 19.0. The summed E-state index contributed by atoms with van der Waals surface area (Å²) < 4.78 is 11.7. The quantitative estimate of drug-likeness (QED) is 0.449. The fraction of sp³-hybridized carbons (Fsp3) is 0.350. The maximum absolute atomic E-state index is 12.3. The maximum atomic E-state index is 12.3. The number of pyridine rings is 1. The molecular formula is C20H19Cl2N3O3. The van der Waals surface area contributed by atoms with Gasteiger partial charge in [-0.15, -0.1) is 0 Å². The van der Waals surface area contributed by atoms with E-state index in [1.807, 2.05) is 12.1 Å². The van der Waals surface area contributed by atoms with Crippen molar-refractivity contribution in [3.05, 3.63) is 57.2 Å². The van der Waals surface area contributed by atoms with Gasteiger partial charge < -0.3 is 14.7 Å². The fourth-order valence-corrected chi connectivity index (χ4v) is 4.13. The highest BCUT2D eigenvalue weighted by molar-refractivity contribution is 6.35. The number of aromatic nitrogens is 3. The molecule has 0 N–H and O–H groups in total. The lowest BCUT2D eigenvalue weighted by Gasteiger charge is -2.18. The average Bonchev–Trinajstić information content (AvgIpc) is 3.18. The maximum Gasteiger partial charge on any atom is 0.221 e. The molecule has 0 atom stereocenters. The third-order valence-electron chi connectivity index (χ3n) is 5.03. The highest BCUT2D eigenvalue weighted by atomic mass is 35.5. The summed E-state index contributed by atoms with van der Waals surface area (Å²) in [6, 6.07) is 3.71. The van der Waals surface area contributed by atoms with Crippen molar-refractivity contribution in [1.82, 2.24) is 10.1 Å². The van der Waals surface area contributed by atoms with E-state index >= 15 is 0 Å². The van der Waals surface area contributed by atoms with Gasteiger partial charge in [-0.2, -0.15) is 0 Å². The van der Waals surface area contributed by atoms with Crippen LogP contribution in [0.1, 0.15) is 36.9 Å². The third-order valence-corrected chi connectivity index (χ3v) is 5.68. The van der Waals surface area contributed by atoms with Crippen LogP contribution in [0.5, 0.6) is 11.5 Å². The molecule has 1 saturated carbocycles. The van der Waals surface area contributed by atoms with Gasteiger partial charge in [-0.25, -0.2) is 0 Å². The van der Waals surface area contributed by atoms with Crippen LogP contribution in [0.3, 0.4) is 0 Å². The number of hydrogen-bond donors (Lipinski definition) is 0. The first-order valence-corrected chi connectivity index (χ1v) is 9.87. The Morgan fingerprint density at radius 1 is 1.14 bits per heavy atom. The smallest absolute Gasteiger partial charge is 0.221 e. The van der Waals surface area contributed by atoms with Crippen molar-refractivity contribution in [2.45, 2.75) is 38.2 Å². The lowest BCUT2D eigenvalue weighted by Crippen LogP contribution is -2.32. The Hall–Kier alpha value is -2.31. The molecule has 0 aliphatic heterocycles. The molecule has 28 heavy (non-hydrogen) atoms. The fourth-order valence-electron chi connectivity index (χ4n) is 3.63. The van der Waals surface area contributed by atoms with Crippen molar-refractivity contribution < 1.29 is 14.3 Å². The van der Waals surface area contributed by atoms with Gasteiger partial charge in [-0.1, -0.05) is 28.0 Å². The first-order valence-electron chi connectivity index (χ1n) is 9.11. The van der Waals surface area contributed by atoms with Crippen LogP contribution >= 0.6 is 23.2 Å². The van der Waals surface area contributed by atoms with Crippen LogP contribution < -0.4 is 14.3 Å². The van der Waals surface area contributed by atoms with Gasteiger partial charge in [-0.3, -0.25) is 4.98 Å². The van der Waals surface area contributed by atoms with Crippen LogP contribution in [0, 0.1) is 5.21 Å². The van der Waals surface area contributed by atoms with Crippen molar-refractivity contribution in [3.63, 3.8) is 0 Å². The summed E-state index contributed by atoms with van der Waals surface area (Å²) in [6.45, 7) is 0. The van der Waals surface area contributed by atoms with Crippen molar-refractivity contribution in [2.24, 2.45) is 0 Å². The topological polar surface area (TPSA) is 71.2 Å². The molecule has 1 aromatic carbocycles. The molecule has 2 aromatic heterocycles. The van der Waals surface area contributed by atoms with Gasteiger partial charge in [-0.05, 0) is 43.4 Å². The molecule has 0 unspecified atom stereocenters. The van der Waals surface area contributed by atoms with E-state index in [0.29, 0.717) is 49.5 Å². The van der Waals surface area contributed by atoms with Gasteiger partial charge in [0.05, 0.1) is 28.6 Å². The molecule has 8 heteroatoms. The largest absolute Gasteiger partial charge is 0.594 e. The molecule has 0 spiro atoms. The number of fused-ring (bicyclic) bond motifs is 1. The lowest BCUT2D eigenvalue weighted by molar-refractivity contribution is -0.668. The van der Waals surface area contributed by atoms with E-state index in [2.05, 4.69) is 10.1 Å². The zero-order valence-electron chi connectivity index (χ0n) is 15.3. The molecule has 0 radical (unpaired) electrons. The molecule has 1 aliphatic rings. The molecule has 2 heterocycles. The number of nitrogens with zero attached hydrogens (tertiary/aromatic N) is 3. The second kappa shape index (κ2) is 7.97. The Bertz CT molecular complexity index is 1000. The summed E-state index contributed by atoms with van der Waals surface area (Å²) in [4.78, 5) is 4.52. The summed E-state index contributed by atoms with van der Waals surface area (Å²) in [5, 5.41) is 18.7. The molecule has 0 bridgehead atoms. The second-order valence-electron chi connectivity index (χ2n) is 6.82. The zero-order valence-corrected chi connectivity index (χ0v) is 16.8. The number of halogens is 2. The Morgan fingerprint density at radius 2 is 1.86 bits per heavy atom. The average molecular weight is 420 g/mol. The SMILES string of the molecule is COc1ccc2c(Cc3c(Cl)cncc3Cl)n[n+]([O-])cc2c1OC1CCCC1. The number of ether oxygens (including phenoxy) is 2. The molecule has 6 nitrogen and oxygen atoms in total. The second-order valence-corrected chi connectivity index (χ2v) is 7.63. The van der Waals surface area contributed by atoms with Gasteiger partial charge in [0.25, 0.3) is 0 Å². The van der Waals surface area contributed by atoms with Gasteiger partial charge in [0.1, 0.15) is 5.69 Å². The molecule has 3 aromatic rings. The Morgan fingerprint density at radius 3 is 2.54 bits per heavy atom.